The number of hydrogen-bond acceptors (Lipinski definition) is 5. The third-order valence-electron chi connectivity index (χ3n) is 3.24. The number of ether oxygens (including phenoxy) is 2. The number of nitrogens with one attached hydrogen (secondary N) is 1. The molecule has 0 unspecified atom stereocenters. The number of sulfonamides is 1. The normalized spacial score (nSPS) is 10.9. The van der Waals surface area contributed by atoms with E-state index in [2.05, 4.69) is 4.72 Å². The van der Waals surface area contributed by atoms with Crippen LogP contribution in [0.3, 0.4) is 0 Å². The van der Waals surface area contributed by atoms with Crippen molar-refractivity contribution in [2.24, 2.45) is 5.73 Å². The summed E-state index contributed by atoms with van der Waals surface area (Å²) in [7, 11) is -0.977. The van der Waals surface area contributed by atoms with Crippen molar-refractivity contribution in [1.29, 1.82) is 0 Å². The summed E-state index contributed by atoms with van der Waals surface area (Å²) in [6.07, 6.45) is 0.0966. The zero-order chi connectivity index (χ0) is 17.7. The highest BCUT2D eigenvalue weighted by atomic mass is 32.2. The SMILES string of the molecule is COc1ccc(S(=O)(=O)Nc2ccc(CC(N)=O)cc2)c(OC)c1. The number of carbonyl (C=O) groups is 1. The van der Waals surface area contributed by atoms with Gasteiger partial charge in [-0.3, -0.25) is 9.52 Å². The van der Waals surface area contributed by atoms with Gasteiger partial charge in [-0.2, -0.15) is 0 Å². The average Bonchev–Trinajstić information content (AvgIpc) is 2.55. The third-order valence-corrected chi connectivity index (χ3v) is 4.67. The van der Waals surface area contributed by atoms with Crippen LogP contribution in [0.25, 0.3) is 0 Å². The van der Waals surface area contributed by atoms with Gasteiger partial charge < -0.3 is 15.2 Å². The summed E-state index contributed by atoms with van der Waals surface area (Å²) in [5, 5.41) is 0. The molecule has 2 rings (SSSR count). The molecule has 0 bridgehead atoms. The number of rotatable bonds is 7. The lowest BCUT2D eigenvalue weighted by Gasteiger charge is -2.13. The topological polar surface area (TPSA) is 108 Å². The fourth-order valence-electron chi connectivity index (χ4n) is 2.10. The van der Waals surface area contributed by atoms with Gasteiger partial charge in [0.15, 0.2) is 0 Å². The average molecular weight is 350 g/mol. The van der Waals surface area contributed by atoms with E-state index in [-0.39, 0.29) is 17.1 Å². The molecule has 2 aromatic carbocycles. The van der Waals surface area contributed by atoms with E-state index in [0.717, 1.165) is 0 Å². The Morgan fingerprint density at radius 2 is 1.75 bits per heavy atom. The maximum absolute atomic E-state index is 12.5. The molecule has 128 valence electrons. The maximum Gasteiger partial charge on any atom is 0.265 e. The molecule has 0 aliphatic rings. The zero-order valence-electron chi connectivity index (χ0n) is 13.3. The van der Waals surface area contributed by atoms with Crippen molar-refractivity contribution in [3.05, 3.63) is 48.0 Å². The first-order valence-electron chi connectivity index (χ1n) is 6.98. The highest BCUT2D eigenvalue weighted by Gasteiger charge is 2.20. The van der Waals surface area contributed by atoms with Crippen LogP contribution in [-0.2, 0) is 21.2 Å². The van der Waals surface area contributed by atoms with Crippen LogP contribution in [-0.4, -0.2) is 28.5 Å². The summed E-state index contributed by atoms with van der Waals surface area (Å²) < 4.78 is 37.7. The number of anilines is 1. The first-order valence-corrected chi connectivity index (χ1v) is 8.46. The summed E-state index contributed by atoms with van der Waals surface area (Å²) in [5.74, 6) is 0.208. The smallest absolute Gasteiger partial charge is 0.265 e. The largest absolute Gasteiger partial charge is 0.497 e. The van der Waals surface area contributed by atoms with Crippen molar-refractivity contribution in [2.45, 2.75) is 11.3 Å². The van der Waals surface area contributed by atoms with E-state index in [1.165, 1.54) is 32.4 Å². The summed E-state index contributed by atoms with van der Waals surface area (Å²) >= 11 is 0. The second-order valence-electron chi connectivity index (χ2n) is 4.96. The first kappa shape index (κ1) is 17.6. The molecule has 0 aliphatic carbocycles. The Balaban J connectivity index is 2.26. The third kappa shape index (κ3) is 4.17. The fraction of sp³-hybridized carbons (Fsp3) is 0.188. The van der Waals surface area contributed by atoms with Crippen LogP contribution in [0.5, 0.6) is 11.5 Å². The summed E-state index contributed by atoms with van der Waals surface area (Å²) in [6.45, 7) is 0. The molecule has 0 aliphatic heterocycles. The van der Waals surface area contributed by atoms with Crippen LogP contribution in [0.4, 0.5) is 5.69 Å². The lowest BCUT2D eigenvalue weighted by Crippen LogP contribution is -2.15. The lowest BCUT2D eigenvalue weighted by atomic mass is 10.1. The van der Waals surface area contributed by atoms with E-state index in [9.17, 15) is 13.2 Å². The van der Waals surface area contributed by atoms with E-state index < -0.39 is 15.9 Å². The predicted octanol–water partition coefficient (Wildman–Crippen LogP) is 1.53. The van der Waals surface area contributed by atoms with Crippen LogP contribution in [0, 0.1) is 0 Å². The number of methoxy groups -OCH3 is 2. The van der Waals surface area contributed by atoms with Crippen LogP contribution >= 0.6 is 0 Å². The molecule has 0 aromatic heterocycles. The van der Waals surface area contributed by atoms with Crippen LogP contribution in [0.2, 0.25) is 0 Å². The second kappa shape index (κ2) is 7.22. The van der Waals surface area contributed by atoms with Crippen molar-refractivity contribution in [3.63, 3.8) is 0 Å². The Kier molecular flexibility index (Phi) is 5.30. The number of primary amides is 1. The molecule has 0 saturated carbocycles. The van der Waals surface area contributed by atoms with Gasteiger partial charge in [0.2, 0.25) is 5.91 Å². The van der Waals surface area contributed by atoms with E-state index in [1.54, 1.807) is 24.3 Å². The molecule has 0 heterocycles. The van der Waals surface area contributed by atoms with Gasteiger partial charge in [0, 0.05) is 11.8 Å². The summed E-state index contributed by atoms with van der Waals surface area (Å²) in [4.78, 5) is 10.9. The van der Waals surface area contributed by atoms with Gasteiger partial charge in [-0.25, -0.2) is 8.42 Å². The van der Waals surface area contributed by atoms with Crippen LogP contribution in [0.15, 0.2) is 47.4 Å². The molecule has 0 radical (unpaired) electrons. The summed E-state index contributed by atoms with van der Waals surface area (Å²) in [5.41, 5.74) is 6.18. The Bertz CT molecular complexity index is 832. The number of nitrogens with two attached hydrogens (primary N) is 1. The molecule has 3 N–H and O–H groups in total. The lowest BCUT2D eigenvalue weighted by molar-refractivity contribution is -0.117. The molecule has 0 atom stereocenters. The zero-order valence-corrected chi connectivity index (χ0v) is 14.1. The molecule has 0 fully saturated rings. The van der Waals surface area contributed by atoms with E-state index >= 15 is 0 Å². The number of amides is 1. The Morgan fingerprint density at radius 1 is 1.08 bits per heavy atom. The van der Waals surface area contributed by atoms with Gasteiger partial charge in [-0.1, -0.05) is 12.1 Å². The molecule has 2 aromatic rings. The van der Waals surface area contributed by atoms with E-state index in [1.807, 2.05) is 0 Å². The van der Waals surface area contributed by atoms with Crippen LogP contribution in [0.1, 0.15) is 5.56 Å². The minimum absolute atomic E-state index is 0.00740. The molecular formula is C16H18N2O5S. The second-order valence-corrected chi connectivity index (χ2v) is 6.61. The van der Waals surface area contributed by atoms with Crippen molar-refractivity contribution in [3.8, 4) is 11.5 Å². The van der Waals surface area contributed by atoms with Gasteiger partial charge in [0.1, 0.15) is 16.4 Å². The van der Waals surface area contributed by atoms with Gasteiger partial charge in [0.25, 0.3) is 10.0 Å². The highest BCUT2D eigenvalue weighted by molar-refractivity contribution is 7.92. The van der Waals surface area contributed by atoms with Gasteiger partial charge in [0.05, 0.1) is 20.6 Å². The standard InChI is InChI=1S/C16H18N2O5S/c1-22-13-7-8-15(14(10-13)23-2)24(20,21)18-12-5-3-11(4-6-12)9-16(17)19/h3-8,10,18H,9H2,1-2H3,(H2,17,19). The Hall–Kier alpha value is -2.74. The van der Waals surface area contributed by atoms with Crippen molar-refractivity contribution >= 4 is 21.6 Å². The monoisotopic (exact) mass is 350 g/mol. The minimum atomic E-state index is -3.84. The molecule has 0 spiro atoms. The first-order chi connectivity index (χ1) is 11.4. The molecule has 7 nitrogen and oxygen atoms in total. The summed E-state index contributed by atoms with van der Waals surface area (Å²) in [6, 6.07) is 10.8. The molecule has 8 heteroatoms. The van der Waals surface area contributed by atoms with E-state index in [4.69, 9.17) is 15.2 Å². The molecular weight excluding hydrogens is 332 g/mol. The van der Waals surface area contributed by atoms with Crippen molar-refractivity contribution in [2.75, 3.05) is 18.9 Å². The van der Waals surface area contributed by atoms with Gasteiger partial charge in [-0.05, 0) is 29.8 Å². The van der Waals surface area contributed by atoms with Gasteiger partial charge in [-0.15, -0.1) is 0 Å². The molecule has 0 saturated heterocycles. The number of benzene rings is 2. The number of hydrogen-bond donors (Lipinski definition) is 2. The Morgan fingerprint density at radius 3 is 2.29 bits per heavy atom. The fourth-order valence-corrected chi connectivity index (χ4v) is 3.31. The van der Waals surface area contributed by atoms with E-state index in [0.29, 0.717) is 17.0 Å². The Labute approximate surface area is 140 Å². The number of carbonyl (C=O) groups excluding carboxylic acids is 1. The van der Waals surface area contributed by atoms with Gasteiger partial charge >= 0.3 is 0 Å². The van der Waals surface area contributed by atoms with Crippen molar-refractivity contribution in [1.82, 2.24) is 0 Å². The van der Waals surface area contributed by atoms with Crippen LogP contribution < -0.4 is 19.9 Å². The maximum atomic E-state index is 12.5. The minimum Gasteiger partial charge on any atom is -0.497 e. The molecule has 1 amide bonds. The highest BCUT2D eigenvalue weighted by Crippen LogP contribution is 2.29. The molecule has 24 heavy (non-hydrogen) atoms. The van der Waals surface area contributed by atoms with Crippen molar-refractivity contribution < 1.29 is 22.7 Å². The predicted molar refractivity (Wildman–Crippen MR) is 89.7 cm³/mol. The quantitative estimate of drug-likeness (QED) is 0.787.